The van der Waals surface area contributed by atoms with Crippen molar-refractivity contribution >= 4 is 0 Å². The van der Waals surface area contributed by atoms with Gasteiger partial charge in [0, 0.05) is 25.5 Å². The highest BCUT2D eigenvalue weighted by Crippen LogP contribution is 1.94. The molecule has 0 aliphatic carbocycles. The summed E-state index contributed by atoms with van der Waals surface area (Å²) < 4.78 is 0. The number of likely N-dealkylation sites (N-methyl/N-ethyl adjacent to an activating group) is 2. The molecule has 4 heteroatoms. The van der Waals surface area contributed by atoms with E-state index in [1.165, 1.54) is 0 Å². The normalized spacial score (nSPS) is 11.3. The standard InChI is InChI=1S/C11H20N4/c1-4-14(2)8-9-15(3)10-11-12-6-5-7-13-11/h5-7H,4,8-10H2,1-3H3. The van der Waals surface area contributed by atoms with Gasteiger partial charge >= 0.3 is 0 Å². The van der Waals surface area contributed by atoms with Gasteiger partial charge in [-0.1, -0.05) is 6.92 Å². The van der Waals surface area contributed by atoms with Crippen molar-refractivity contribution in [2.75, 3.05) is 33.7 Å². The van der Waals surface area contributed by atoms with Gasteiger partial charge in [-0.3, -0.25) is 4.90 Å². The maximum atomic E-state index is 4.20. The average Bonchev–Trinajstić information content (AvgIpc) is 2.27. The minimum atomic E-state index is 0.818. The van der Waals surface area contributed by atoms with Gasteiger partial charge in [0.1, 0.15) is 5.82 Å². The smallest absolute Gasteiger partial charge is 0.142 e. The molecule has 0 aliphatic heterocycles. The SMILES string of the molecule is CCN(C)CCN(C)Cc1ncccn1. The third-order valence-electron chi connectivity index (χ3n) is 2.43. The predicted molar refractivity (Wildman–Crippen MR) is 61.5 cm³/mol. The lowest BCUT2D eigenvalue weighted by Gasteiger charge is -2.20. The number of hydrogen-bond acceptors (Lipinski definition) is 4. The molecular formula is C11H20N4. The second kappa shape index (κ2) is 6.48. The summed E-state index contributed by atoms with van der Waals surface area (Å²) in [6.07, 6.45) is 3.57. The van der Waals surface area contributed by atoms with Crippen LogP contribution in [0.4, 0.5) is 0 Å². The second-order valence-electron chi connectivity index (χ2n) is 3.80. The zero-order valence-corrected chi connectivity index (χ0v) is 9.85. The van der Waals surface area contributed by atoms with E-state index in [4.69, 9.17) is 0 Å². The van der Waals surface area contributed by atoms with Crippen LogP contribution in [0, 0.1) is 0 Å². The molecule has 1 aromatic heterocycles. The fourth-order valence-corrected chi connectivity index (χ4v) is 1.23. The summed E-state index contributed by atoms with van der Waals surface area (Å²) in [5.41, 5.74) is 0. The Labute approximate surface area is 91.9 Å². The minimum absolute atomic E-state index is 0.818. The molecule has 1 aromatic rings. The summed E-state index contributed by atoms with van der Waals surface area (Å²) in [5.74, 6) is 0.888. The van der Waals surface area contributed by atoms with E-state index in [2.05, 4.69) is 40.8 Å². The minimum Gasteiger partial charge on any atom is -0.305 e. The highest BCUT2D eigenvalue weighted by atomic mass is 15.2. The quantitative estimate of drug-likeness (QED) is 0.694. The molecule has 0 radical (unpaired) electrons. The van der Waals surface area contributed by atoms with E-state index in [0.717, 1.165) is 32.0 Å². The van der Waals surface area contributed by atoms with E-state index in [1.807, 2.05) is 6.07 Å². The first-order valence-corrected chi connectivity index (χ1v) is 5.35. The van der Waals surface area contributed by atoms with Gasteiger partial charge in [0.25, 0.3) is 0 Å². The van der Waals surface area contributed by atoms with Crippen molar-refractivity contribution < 1.29 is 0 Å². The van der Waals surface area contributed by atoms with Crippen LogP contribution >= 0.6 is 0 Å². The fourth-order valence-electron chi connectivity index (χ4n) is 1.23. The van der Waals surface area contributed by atoms with Crippen LogP contribution in [-0.2, 0) is 6.54 Å². The molecule has 0 spiro atoms. The van der Waals surface area contributed by atoms with Crippen molar-refractivity contribution in [3.05, 3.63) is 24.3 Å². The van der Waals surface area contributed by atoms with Gasteiger partial charge in [-0.25, -0.2) is 9.97 Å². The molecule has 0 fully saturated rings. The zero-order chi connectivity index (χ0) is 11.1. The van der Waals surface area contributed by atoms with E-state index in [-0.39, 0.29) is 0 Å². The number of hydrogen-bond donors (Lipinski definition) is 0. The summed E-state index contributed by atoms with van der Waals surface area (Å²) in [6, 6.07) is 1.84. The van der Waals surface area contributed by atoms with Crippen LogP contribution in [0.3, 0.4) is 0 Å². The third kappa shape index (κ3) is 4.85. The summed E-state index contributed by atoms with van der Waals surface area (Å²) >= 11 is 0. The molecule has 15 heavy (non-hydrogen) atoms. The Bertz CT molecular complexity index is 263. The van der Waals surface area contributed by atoms with Gasteiger partial charge in [-0.15, -0.1) is 0 Å². The lowest BCUT2D eigenvalue weighted by atomic mass is 10.4. The Hall–Kier alpha value is -1.00. The molecule has 4 nitrogen and oxygen atoms in total. The van der Waals surface area contributed by atoms with Crippen molar-refractivity contribution in [3.8, 4) is 0 Å². The highest BCUT2D eigenvalue weighted by Gasteiger charge is 2.02. The van der Waals surface area contributed by atoms with Crippen molar-refractivity contribution in [3.63, 3.8) is 0 Å². The summed E-state index contributed by atoms with van der Waals surface area (Å²) in [6.45, 7) is 6.21. The maximum absolute atomic E-state index is 4.20. The predicted octanol–water partition coefficient (Wildman–Crippen LogP) is 0.860. The topological polar surface area (TPSA) is 32.3 Å². The van der Waals surface area contributed by atoms with Gasteiger partial charge in [-0.05, 0) is 26.7 Å². The molecule has 1 heterocycles. The molecule has 0 saturated heterocycles. The molecule has 0 atom stereocenters. The van der Waals surface area contributed by atoms with Crippen molar-refractivity contribution in [1.29, 1.82) is 0 Å². The van der Waals surface area contributed by atoms with Crippen molar-refractivity contribution in [2.24, 2.45) is 0 Å². The molecule has 0 aliphatic rings. The Morgan fingerprint density at radius 1 is 1.07 bits per heavy atom. The molecule has 0 aromatic carbocycles. The fraction of sp³-hybridized carbons (Fsp3) is 0.636. The first-order chi connectivity index (χ1) is 7.22. The first-order valence-electron chi connectivity index (χ1n) is 5.35. The van der Waals surface area contributed by atoms with Gasteiger partial charge in [0.2, 0.25) is 0 Å². The van der Waals surface area contributed by atoms with Crippen LogP contribution < -0.4 is 0 Å². The molecular weight excluding hydrogens is 188 g/mol. The van der Waals surface area contributed by atoms with Crippen LogP contribution in [0.15, 0.2) is 18.5 Å². The van der Waals surface area contributed by atoms with Gasteiger partial charge in [-0.2, -0.15) is 0 Å². The highest BCUT2D eigenvalue weighted by molar-refractivity contribution is 4.87. The Balaban J connectivity index is 2.27. The van der Waals surface area contributed by atoms with Crippen molar-refractivity contribution in [1.82, 2.24) is 19.8 Å². The van der Waals surface area contributed by atoms with Crippen LogP contribution in [0.5, 0.6) is 0 Å². The van der Waals surface area contributed by atoms with Crippen LogP contribution in [0.2, 0.25) is 0 Å². The average molecular weight is 208 g/mol. The summed E-state index contributed by atoms with van der Waals surface area (Å²) in [5, 5.41) is 0. The maximum Gasteiger partial charge on any atom is 0.142 e. The van der Waals surface area contributed by atoms with Crippen LogP contribution in [0.1, 0.15) is 12.7 Å². The van der Waals surface area contributed by atoms with Gasteiger partial charge < -0.3 is 4.90 Å². The molecule has 0 bridgehead atoms. The van der Waals surface area contributed by atoms with Gasteiger partial charge in [0.15, 0.2) is 0 Å². The lowest BCUT2D eigenvalue weighted by molar-refractivity contribution is 0.254. The van der Waals surface area contributed by atoms with E-state index in [1.54, 1.807) is 12.4 Å². The van der Waals surface area contributed by atoms with E-state index in [9.17, 15) is 0 Å². The van der Waals surface area contributed by atoms with Crippen molar-refractivity contribution in [2.45, 2.75) is 13.5 Å². The van der Waals surface area contributed by atoms with E-state index < -0.39 is 0 Å². The second-order valence-corrected chi connectivity index (χ2v) is 3.80. The Morgan fingerprint density at radius 3 is 2.27 bits per heavy atom. The monoisotopic (exact) mass is 208 g/mol. The summed E-state index contributed by atoms with van der Waals surface area (Å²) in [7, 11) is 4.23. The first kappa shape index (κ1) is 12.1. The number of rotatable bonds is 6. The van der Waals surface area contributed by atoms with Crippen LogP contribution in [0.25, 0.3) is 0 Å². The van der Waals surface area contributed by atoms with Gasteiger partial charge in [0.05, 0.1) is 6.54 Å². The molecule has 0 amide bonds. The molecule has 0 saturated carbocycles. The molecule has 0 unspecified atom stereocenters. The Kier molecular flexibility index (Phi) is 5.21. The largest absolute Gasteiger partial charge is 0.305 e. The third-order valence-corrected chi connectivity index (χ3v) is 2.43. The molecule has 1 rings (SSSR count). The zero-order valence-electron chi connectivity index (χ0n) is 9.85. The lowest BCUT2D eigenvalue weighted by Crippen LogP contribution is -2.30. The van der Waals surface area contributed by atoms with Crippen LogP contribution in [-0.4, -0.2) is 53.5 Å². The molecule has 0 N–H and O–H groups in total. The number of aromatic nitrogens is 2. The van der Waals surface area contributed by atoms with E-state index >= 15 is 0 Å². The summed E-state index contributed by atoms with van der Waals surface area (Å²) in [4.78, 5) is 12.9. The Morgan fingerprint density at radius 2 is 1.67 bits per heavy atom. The molecule has 84 valence electrons. The number of nitrogens with zero attached hydrogens (tertiary/aromatic N) is 4. The van der Waals surface area contributed by atoms with E-state index in [0.29, 0.717) is 0 Å².